The predicted molar refractivity (Wildman–Crippen MR) is 91.0 cm³/mol. The van der Waals surface area contributed by atoms with Crippen LogP contribution in [0.4, 0.5) is 5.69 Å². The zero-order valence-electron chi connectivity index (χ0n) is 12.5. The van der Waals surface area contributed by atoms with Gasteiger partial charge in [0.25, 0.3) is 0 Å². The number of benzene rings is 2. The molecule has 0 saturated carbocycles. The van der Waals surface area contributed by atoms with Gasteiger partial charge in [0.1, 0.15) is 0 Å². The lowest BCUT2D eigenvalue weighted by molar-refractivity contribution is 0.0693. The van der Waals surface area contributed by atoms with Crippen molar-refractivity contribution in [3.05, 3.63) is 59.7 Å². The van der Waals surface area contributed by atoms with E-state index in [9.17, 15) is 9.90 Å². The molecule has 0 spiro atoms. The summed E-state index contributed by atoms with van der Waals surface area (Å²) < 4.78 is 0. The zero-order valence-corrected chi connectivity index (χ0v) is 13.3. The van der Waals surface area contributed by atoms with Crippen LogP contribution in [0, 0.1) is 0 Å². The van der Waals surface area contributed by atoms with Crippen LogP contribution in [0.5, 0.6) is 0 Å². The molecule has 0 aliphatic heterocycles. The second kappa shape index (κ2) is 8.57. The van der Waals surface area contributed by atoms with Gasteiger partial charge in [0.05, 0.1) is 18.3 Å². The minimum atomic E-state index is -0.921. The lowest BCUT2D eigenvalue weighted by atomic mass is 10.2. The summed E-state index contributed by atoms with van der Waals surface area (Å²) in [4.78, 5) is 11.9. The van der Waals surface area contributed by atoms with E-state index in [1.807, 2.05) is 30.3 Å². The average Bonchev–Trinajstić information content (AvgIpc) is 2.58. The quantitative estimate of drug-likeness (QED) is 0.555. The third-order valence-corrected chi connectivity index (χ3v) is 4.36. The largest absolute Gasteiger partial charge is 0.478 e. The molecule has 0 radical (unpaired) electrons. The molecule has 122 valence electrons. The first-order valence-electron chi connectivity index (χ1n) is 7.17. The van der Waals surface area contributed by atoms with Crippen molar-refractivity contribution in [2.75, 3.05) is 18.5 Å². The Bertz CT molecular complexity index is 645. The Hall–Kier alpha value is -2.02. The number of anilines is 1. The first kappa shape index (κ1) is 17.3. The predicted octanol–water partition coefficient (Wildman–Crippen LogP) is 2.44. The third-order valence-electron chi connectivity index (χ3n) is 3.22. The number of carboxylic acid groups (broad SMARTS) is 1. The number of hydrogen-bond donors (Lipinski definition) is 4. The van der Waals surface area contributed by atoms with Crippen molar-refractivity contribution in [3.8, 4) is 0 Å². The molecule has 2 rings (SSSR count). The van der Waals surface area contributed by atoms with Crippen molar-refractivity contribution in [3.63, 3.8) is 0 Å². The lowest BCUT2D eigenvalue weighted by Crippen LogP contribution is -2.22. The highest BCUT2D eigenvalue weighted by atomic mass is 32.2. The van der Waals surface area contributed by atoms with Crippen LogP contribution >= 0.6 is 11.8 Å². The van der Waals surface area contributed by atoms with Gasteiger partial charge in [-0.25, -0.2) is 4.79 Å². The van der Waals surface area contributed by atoms with Gasteiger partial charge in [-0.3, -0.25) is 0 Å². The number of nitrogens with one attached hydrogen (secondary N) is 1. The summed E-state index contributed by atoms with van der Waals surface area (Å²) in [5, 5.41) is 30.2. The van der Waals surface area contributed by atoms with Crippen LogP contribution in [0.1, 0.15) is 15.9 Å². The smallest absolute Gasteiger partial charge is 0.336 e. The van der Waals surface area contributed by atoms with Crippen molar-refractivity contribution in [2.24, 2.45) is 0 Å². The zero-order chi connectivity index (χ0) is 16.7. The first-order chi connectivity index (χ1) is 11.1. The van der Waals surface area contributed by atoms with Gasteiger partial charge in [0.2, 0.25) is 0 Å². The number of rotatable bonds is 8. The van der Waals surface area contributed by atoms with E-state index in [-0.39, 0.29) is 13.2 Å². The monoisotopic (exact) mass is 333 g/mol. The maximum absolute atomic E-state index is 11.2. The Labute approximate surface area is 139 Å². The highest BCUT2D eigenvalue weighted by Crippen LogP contribution is 2.26. The van der Waals surface area contributed by atoms with E-state index < -0.39 is 12.1 Å². The highest BCUT2D eigenvalue weighted by molar-refractivity contribution is 7.98. The van der Waals surface area contributed by atoms with Gasteiger partial charge in [0, 0.05) is 22.9 Å². The van der Waals surface area contributed by atoms with Crippen LogP contribution in [0.2, 0.25) is 0 Å². The topological polar surface area (TPSA) is 89.8 Å². The summed E-state index contributed by atoms with van der Waals surface area (Å²) >= 11 is 1.48. The van der Waals surface area contributed by atoms with Gasteiger partial charge in [-0.1, -0.05) is 24.3 Å². The van der Waals surface area contributed by atoms with Crippen molar-refractivity contribution in [1.29, 1.82) is 0 Å². The Balaban J connectivity index is 1.93. The molecule has 0 aromatic heterocycles. The molecule has 0 aliphatic rings. The number of hydrogen-bond acceptors (Lipinski definition) is 5. The molecule has 0 saturated heterocycles. The van der Waals surface area contributed by atoms with Gasteiger partial charge < -0.3 is 20.6 Å². The van der Waals surface area contributed by atoms with Crippen LogP contribution in [0.25, 0.3) is 0 Å². The van der Waals surface area contributed by atoms with Gasteiger partial charge >= 0.3 is 5.97 Å². The van der Waals surface area contributed by atoms with Crippen molar-refractivity contribution < 1.29 is 20.1 Å². The summed E-state index contributed by atoms with van der Waals surface area (Å²) in [6.45, 7) is 0.0152. The number of thioether (sulfide) groups is 1. The van der Waals surface area contributed by atoms with E-state index in [1.165, 1.54) is 11.8 Å². The Morgan fingerprint density at radius 1 is 1.13 bits per heavy atom. The molecular formula is C17H19NO4S. The Morgan fingerprint density at radius 2 is 1.83 bits per heavy atom. The molecule has 0 bridgehead atoms. The molecular weight excluding hydrogens is 314 g/mol. The van der Waals surface area contributed by atoms with E-state index >= 15 is 0 Å². The molecule has 4 N–H and O–H groups in total. The molecule has 5 nitrogen and oxygen atoms in total. The summed E-state index contributed by atoms with van der Waals surface area (Å²) in [7, 11) is 0. The maximum atomic E-state index is 11.2. The molecule has 0 fully saturated rings. The molecule has 1 atom stereocenters. The molecule has 0 amide bonds. The second-order valence-corrected chi connectivity index (χ2v) is 6.02. The number of aromatic carboxylic acids is 1. The van der Waals surface area contributed by atoms with Gasteiger partial charge in [-0.05, 0) is 29.8 Å². The fourth-order valence-corrected chi connectivity index (χ4v) is 2.95. The van der Waals surface area contributed by atoms with Crippen molar-refractivity contribution in [2.45, 2.75) is 16.8 Å². The molecule has 0 aliphatic carbocycles. The number of carboxylic acids is 1. The van der Waals surface area contributed by atoms with E-state index in [4.69, 9.17) is 10.2 Å². The average molecular weight is 333 g/mol. The number of aliphatic hydroxyl groups excluding tert-OH is 2. The SMILES string of the molecule is O=C(O)c1ccccc1SCc1ccc(NCC(O)CO)cc1. The van der Waals surface area contributed by atoms with E-state index in [2.05, 4.69) is 5.32 Å². The Kier molecular flexibility index (Phi) is 6.46. The molecule has 6 heteroatoms. The van der Waals surface area contributed by atoms with Gasteiger partial charge in [-0.2, -0.15) is 0 Å². The minimum absolute atomic E-state index is 0.273. The highest BCUT2D eigenvalue weighted by Gasteiger charge is 2.09. The van der Waals surface area contributed by atoms with Crippen molar-refractivity contribution >= 4 is 23.4 Å². The summed E-state index contributed by atoms with van der Waals surface area (Å²) in [6, 6.07) is 14.6. The van der Waals surface area contributed by atoms with Gasteiger partial charge in [-0.15, -0.1) is 11.8 Å². The first-order valence-corrected chi connectivity index (χ1v) is 8.15. The van der Waals surface area contributed by atoms with Gasteiger partial charge in [0.15, 0.2) is 0 Å². The summed E-state index contributed by atoms with van der Waals surface area (Å²) in [6.07, 6.45) is -0.780. The van der Waals surface area contributed by atoms with Crippen molar-refractivity contribution in [1.82, 2.24) is 0 Å². The van der Waals surface area contributed by atoms with Crippen LogP contribution < -0.4 is 5.32 Å². The number of aliphatic hydroxyl groups is 2. The van der Waals surface area contributed by atoms with E-state index in [0.29, 0.717) is 11.3 Å². The van der Waals surface area contributed by atoms with Crippen LogP contribution in [-0.4, -0.2) is 40.5 Å². The second-order valence-electron chi connectivity index (χ2n) is 5.00. The van der Waals surface area contributed by atoms with E-state index in [0.717, 1.165) is 16.1 Å². The fourth-order valence-electron chi connectivity index (χ4n) is 1.95. The van der Waals surface area contributed by atoms with Crippen LogP contribution in [-0.2, 0) is 5.75 Å². The maximum Gasteiger partial charge on any atom is 0.336 e. The third kappa shape index (κ3) is 5.28. The molecule has 2 aromatic carbocycles. The number of carbonyl (C=O) groups is 1. The lowest BCUT2D eigenvalue weighted by Gasteiger charge is -2.11. The van der Waals surface area contributed by atoms with Crippen LogP contribution in [0.15, 0.2) is 53.4 Å². The molecule has 1 unspecified atom stereocenters. The molecule has 23 heavy (non-hydrogen) atoms. The molecule has 0 heterocycles. The Morgan fingerprint density at radius 3 is 2.48 bits per heavy atom. The standard InChI is InChI=1S/C17H19NO4S/c19-10-14(20)9-18-13-7-5-12(6-8-13)11-23-16-4-2-1-3-15(16)17(21)22/h1-8,14,18-20H,9-11H2,(H,21,22). The minimum Gasteiger partial charge on any atom is -0.478 e. The fraction of sp³-hybridized carbons (Fsp3) is 0.235. The normalized spacial score (nSPS) is 11.9. The molecule has 2 aromatic rings. The van der Waals surface area contributed by atoms with Crippen LogP contribution in [0.3, 0.4) is 0 Å². The summed E-state index contributed by atoms with van der Waals surface area (Å²) in [5.41, 5.74) is 2.24. The van der Waals surface area contributed by atoms with E-state index in [1.54, 1.807) is 18.2 Å². The summed E-state index contributed by atoms with van der Waals surface area (Å²) in [5.74, 6) is -0.251.